The Morgan fingerprint density at radius 3 is 2.73 bits per heavy atom. The van der Waals surface area contributed by atoms with Crippen LogP contribution in [0.15, 0.2) is 22.8 Å². The molecule has 0 bridgehead atoms. The van der Waals surface area contributed by atoms with Crippen LogP contribution in [-0.4, -0.2) is 0 Å². The van der Waals surface area contributed by atoms with Crippen LogP contribution < -0.4 is 0 Å². The van der Waals surface area contributed by atoms with Crippen molar-refractivity contribution in [3.8, 4) is 0 Å². The quantitative estimate of drug-likeness (QED) is 0.494. The third-order valence-corrected chi connectivity index (χ3v) is 4.80. The topological polar surface area (TPSA) is 0 Å². The summed E-state index contributed by atoms with van der Waals surface area (Å²) in [5, 5.41) is 0. The van der Waals surface area contributed by atoms with Crippen molar-refractivity contribution in [1.29, 1.82) is 0 Å². The molecule has 2 rings (SSSR count). The van der Waals surface area contributed by atoms with E-state index in [-0.39, 0.29) is 0 Å². The van der Waals surface area contributed by atoms with Gasteiger partial charge in [-0.2, -0.15) is 0 Å². The molecular weight excluding hydrogens is 180 g/mol. The summed E-state index contributed by atoms with van der Waals surface area (Å²) in [6.45, 7) is 9.49. The number of hydrogen-bond acceptors (Lipinski definition) is 0. The lowest BCUT2D eigenvalue weighted by Gasteiger charge is -2.45. The van der Waals surface area contributed by atoms with Gasteiger partial charge < -0.3 is 0 Å². The summed E-state index contributed by atoms with van der Waals surface area (Å²) in [6, 6.07) is 0. The largest absolute Gasteiger partial charge is 0.0847 e. The molecule has 0 nitrogen and oxygen atoms in total. The van der Waals surface area contributed by atoms with Gasteiger partial charge in [0.25, 0.3) is 0 Å². The highest BCUT2D eigenvalue weighted by atomic mass is 14.4. The molecule has 0 amide bonds. The Balaban J connectivity index is 2.32. The molecule has 1 saturated carbocycles. The zero-order chi connectivity index (χ0) is 11.1. The molecule has 0 saturated heterocycles. The first kappa shape index (κ1) is 11.0. The molecular formula is C15H24. The summed E-state index contributed by atoms with van der Waals surface area (Å²) in [4.78, 5) is 0. The average Bonchev–Trinajstić information content (AvgIpc) is 2.19. The molecule has 0 aromatic heterocycles. The number of fused-ring (bicyclic) bond motifs is 1. The first-order valence-electron chi connectivity index (χ1n) is 6.39. The summed E-state index contributed by atoms with van der Waals surface area (Å²) in [7, 11) is 0. The van der Waals surface area contributed by atoms with Crippen molar-refractivity contribution in [3.05, 3.63) is 22.8 Å². The summed E-state index contributed by atoms with van der Waals surface area (Å²) in [5.74, 6) is 0.868. The molecule has 0 spiro atoms. The number of hydrogen-bond donors (Lipinski definition) is 0. The fourth-order valence-electron chi connectivity index (χ4n) is 3.30. The minimum absolute atomic E-state index is 0.489. The van der Waals surface area contributed by atoms with Crippen LogP contribution >= 0.6 is 0 Å². The lowest BCUT2D eigenvalue weighted by Crippen LogP contribution is -2.34. The van der Waals surface area contributed by atoms with Crippen LogP contribution in [0.3, 0.4) is 0 Å². The highest BCUT2D eigenvalue weighted by Crippen LogP contribution is 2.52. The van der Waals surface area contributed by atoms with Crippen molar-refractivity contribution < 1.29 is 0 Å². The van der Waals surface area contributed by atoms with Crippen LogP contribution in [0.4, 0.5) is 0 Å². The fourth-order valence-corrected chi connectivity index (χ4v) is 3.30. The van der Waals surface area contributed by atoms with Crippen molar-refractivity contribution in [3.63, 3.8) is 0 Å². The summed E-state index contributed by atoms with van der Waals surface area (Å²) < 4.78 is 0. The van der Waals surface area contributed by atoms with E-state index in [1.54, 1.807) is 16.7 Å². The van der Waals surface area contributed by atoms with E-state index < -0.39 is 0 Å². The summed E-state index contributed by atoms with van der Waals surface area (Å²) in [5.41, 5.74) is 5.53. The Morgan fingerprint density at radius 2 is 2.07 bits per heavy atom. The van der Waals surface area contributed by atoms with E-state index in [2.05, 4.69) is 33.8 Å². The highest BCUT2D eigenvalue weighted by Gasteiger charge is 2.39. The molecule has 2 atom stereocenters. The molecule has 84 valence electrons. The van der Waals surface area contributed by atoms with Crippen molar-refractivity contribution in [2.45, 2.75) is 59.8 Å². The smallest absolute Gasteiger partial charge is 0.00534 e. The molecule has 1 fully saturated rings. The third-order valence-electron chi connectivity index (χ3n) is 4.80. The average molecular weight is 204 g/mol. The van der Waals surface area contributed by atoms with Crippen LogP contribution in [-0.2, 0) is 0 Å². The Morgan fingerprint density at radius 1 is 1.33 bits per heavy atom. The Labute approximate surface area is 94.5 Å². The van der Waals surface area contributed by atoms with Crippen molar-refractivity contribution in [2.24, 2.45) is 11.3 Å². The van der Waals surface area contributed by atoms with Crippen LogP contribution in [0.5, 0.6) is 0 Å². The molecule has 15 heavy (non-hydrogen) atoms. The van der Waals surface area contributed by atoms with Gasteiger partial charge in [-0.3, -0.25) is 0 Å². The molecule has 0 aliphatic heterocycles. The molecule has 2 aliphatic rings. The minimum Gasteiger partial charge on any atom is -0.0847 e. The molecule has 0 unspecified atom stereocenters. The van der Waals surface area contributed by atoms with E-state index in [1.807, 2.05) is 0 Å². The normalized spacial score (nSPS) is 35.9. The van der Waals surface area contributed by atoms with Crippen LogP contribution in [0, 0.1) is 11.3 Å². The molecule has 0 heteroatoms. The van der Waals surface area contributed by atoms with Gasteiger partial charge in [-0.15, -0.1) is 0 Å². The molecule has 0 aromatic rings. The maximum Gasteiger partial charge on any atom is -0.00534 e. The molecule has 2 aliphatic carbocycles. The van der Waals surface area contributed by atoms with Gasteiger partial charge in [-0.1, -0.05) is 36.6 Å². The second-order valence-electron chi connectivity index (χ2n) is 5.91. The van der Waals surface area contributed by atoms with Crippen LogP contribution in [0.1, 0.15) is 59.8 Å². The molecule has 0 aromatic carbocycles. The van der Waals surface area contributed by atoms with Gasteiger partial charge in [-0.05, 0) is 57.3 Å². The van der Waals surface area contributed by atoms with E-state index in [9.17, 15) is 0 Å². The SMILES string of the molecule is CC(C)=C1CCC2=CCC[C@@H](C)[C@@]2(C)C1. The monoisotopic (exact) mass is 204 g/mol. The van der Waals surface area contributed by atoms with E-state index in [0.717, 1.165) is 5.92 Å². The predicted octanol–water partition coefficient (Wildman–Crippen LogP) is 4.87. The van der Waals surface area contributed by atoms with Gasteiger partial charge in [-0.25, -0.2) is 0 Å². The maximum atomic E-state index is 2.53. The first-order valence-corrected chi connectivity index (χ1v) is 6.39. The predicted molar refractivity (Wildman–Crippen MR) is 66.8 cm³/mol. The summed E-state index contributed by atoms with van der Waals surface area (Å²) >= 11 is 0. The fraction of sp³-hybridized carbons (Fsp3) is 0.733. The lowest BCUT2D eigenvalue weighted by molar-refractivity contribution is 0.204. The van der Waals surface area contributed by atoms with Crippen molar-refractivity contribution in [2.75, 3.05) is 0 Å². The van der Waals surface area contributed by atoms with E-state index in [4.69, 9.17) is 0 Å². The second-order valence-corrected chi connectivity index (χ2v) is 5.91. The van der Waals surface area contributed by atoms with Gasteiger partial charge >= 0.3 is 0 Å². The lowest BCUT2D eigenvalue weighted by atomic mass is 9.59. The number of allylic oxidation sites excluding steroid dienone is 4. The van der Waals surface area contributed by atoms with Gasteiger partial charge in [0.2, 0.25) is 0 Å². The zero-order valence-electron chi connectivity index (χ0n) is 10.7. The maximum absolute atomic E-state index is 2.53. The van der Waals surface area contributed by atoms with E-state index in [1.165, 1.54) is 32.1 Å². The van der Waals surface area contributed by atoms with Gasteiger partial charge in [0.05, 0.1) is 0 Å². The Bertz CT molecular complexity index is 315. The van der Waals surface area contributed by atoms with Gasteiger partial charge in [0.1, 0.15) is 0 Å². The van der Waals surface area contributed by atoms with Gasteiger partial charge in [0, 0.05) is 0 Å². The Kier molecular flexibility index (Phi) is 2.79. The van der Waals surface area contributed by atoms with Gasteiger partial charge in [0.15, 0.2) is 0 Å². The van der Waals surface area contributed by atoms with E-state index >= 15 is 0 Å². The molecule has 0 N–H and O–H groups in total. The van der Waals surface area contributed by atoms with Crippen LogP contribution in [0.2, 0.25) is 0 Å². The minimum atomic E-state index is 0.489. The second kappa shape index (κ2) is 3.81. The zero-order valence-corrected chi connectivity index (χ0v) is 10.7. The Hall–Kier alpha value is -0.520. The molecule has 0 heterocycles. The standard InChI is InChI=1S/C15H24/c1-11(2)13-8-9-14-7-5-6-12(3)15(14,4)10-13/h7,12H,5-6,8-10H2,1-4H3/t12-,15-/m1/s1. The van der Waals surface area contributed by atoms with Crippen molar-refractivity contribution in [1.82, 2.24) is 0 Å². The van der Waals surface area contributed by atoms with E-state index in [0.29, 0.717) is 5.41 Å². The number of rotatable bonds is 0. The molecule has 0 radical (unpaired) electrons. The first-order chi connectivity index (χ1) is 7.04. The van der Waals surface area contributed by atoms with Crippen LogP contribution in [0.25, 0.3) is 0 Å². The van der Waals surface area contributed by atoms with Crippen molar-refractivity contribution >= 4 is 0 Å². The summed E-state index contributed by atoms with van der Waals surface area (Å²) in [6.07, 6.45) is 9.19. The third kappa shape index (κ3) is 1.79. The highest BCUT2D eigenvalue weighted by molar-refractivity contribution is 5.29.